The van der Waals surface area contributed by atoms with Crippen LogP contribution < -0.4 is 0 Å². The number of benzene rings is 8. The summed E-state index contributed by atoms with van der Waals surface area (Å²) in [4.78, 5) is 15.6. The molecular formula is C53H32N4S. The van der Waals surface area contributed by atoms with Gasteiger partial charge in [0.25, 0.3) is 0 Å². The molecule has 8 aromatic carbocycles. The van der Waals surface area contributed by atoms with Gasteiger partial charge in [0.15, 0.2) is 5.82 Å². The fraction of sp³-hybridized carbons (Fsp3) is 0. The number of para-hydroxylation sites is 3. The molecule has 0 bridgehead atoms. The van der Waals surface area contributed by atoms with E-state index in [0.29, 0.717) is 5.82 Å². The van der Waals surface area contributed by atoms with E-state index in [0.717, 1.165) is 50.4 Å². The monoisotopic (exact) mass is 756 g/mol. The fourth-order valence-corrected chi connectivity index (χ4v) is 10.1. The minimum Gasteiger partial charge on any atom is -0.294 e. The highest BCUT2D eigenvalue weighted by atomic mass is 32.1. The topological polar surface area (TPSA) is 43.6 Å². The summed E-state index contributed by atoms with van der Waals surface area (Å²) in [5, 5.41) is 8.57. The number of aromatic nitrogens is 4. The van der Waals surface area contributed by atoms with Crippen molar-refractivity contribution in [3.05, 3.63) is 194 Å². The largest absolute Gasteiger partial charge is 0.294 e. The van der Waals surface area contributed by atoms with E-state index in [1.165, 1.54) is 58.2 Å². The lowest BCUT2D eigenvalue weighted by molar-refractivity contribution is 1.05. The van der Waals surface area contributed by atoms with Crippen molar-refractivity contribution < 1.29 is 0 Å². The lowest BCUT2D eigenvalue weighted by Gasteiger charge is -2.12. The van der Waals surface area contributed by atoms with Crippen molar-refractivity contribution in [2.24, 2.45) is 0 Å². The Morgan fingerprint density at radius 2 is 0.966 bits per heavy atom. The molecule has 0 saturated heterocycles. The third-order valence-corrected chi connectivity index (χ3v) is 12.7. The maximum atomic E-state index is 5.20. The first-order chi connectivity index (χ1) is 28.8. The molecule has 58 heavy (non-hydrogen) atoms. The number of pyridine rings is 1. The van der Waals surface area contributed by atoms with Gasteiger partial charge >= 0.3 is 0 Å². The normalized spacial score (nSPS) is 11.8. The van der Waals surface area contributed by atoms with Crippen LogP contribution in [-0.2, 0) is 0 Å². The molecule has 0 fully saturated rings. The quantitative estimate of drug-likeness (QED) is 0.164. The van der Waals surface area contributed by atoms with Crippen LogP contribution in [0.3, 0.4) is 0 Å². The Kier molecular flexibility index (Phi) is 7.37. The molecule has 0 saturated carbocycles. The predicted molar refractivity (Wildman–Crippen MR) is 244 cm³/mol. The van der Waals surface area contributed by atoms with Crippen molar-refractivity contribution in [1.82, 2.24) is 19.5 Å². The highest BCUT2D eigenvalue weighted by Gasteiger charge is 2.19. The molecule has 4 nitrogen and oxygen atoms in total. The second-order valence-corrected chi connectivity index (χ2v) is 15.8. The van der Waals surface area contributed by atoms with E-state index >= 15 is 0 Å². The molecule has 0 aliphatic rings. The highest BCUT2D eigenvalue weighted by Crippen LogP contribution is 2.46. The molecule has 0 aliphatic carbocycles. The first-order valence-corrected chi connectivity index (χ1v) is 20.3. The Balaban J connectivity index is 1.02. The summed E-state index contributed by atoms with van der Waals surface area (Å²) in [5.41, 5.74) is 10.7. The molecule has 0 aliphatic heterocycles. The van der Waals surface area contributed by atoms with Crippen LogP contribution in [0.25, 0.3) is 115 Å². The van der Waals surface area contributed by atoms with Crippen LogP contribution in [0.2, 0.25) is 0 Å². The van der Waals surface area contributed by atoms with Crippen molar-refractivity contribution in [3.8, 4) is 50.8 Å². The Hall–Kier alpha value is -7.47. The second-order valence-electron chi connectivity index (χ2n) is 14.7. The number of fused-ring (bicyclic) bond motifs is 10. The van der Waals surface area contributed by atoms with E-state index in [-0.39, 0.29) is 0 Å². The third-order valence-electron chi connectivity index (χ3n) is 11.4. The summed E-state index contributed by atoms with van der Waals surface area (Å²) in [6.07, 6.45) is 0. The Bertz CT molecular complexity index is 3500. The van der Waals surface area contributed by atoms with Gasteiger partial charge in [-0.25, -0.2) is 15.0 Å². The Labute approximate surface area is 338 Å². The number of rotatable bonds is 5. The van der Waals surface area contributed by atoms with Gasteiger partial charge in [-0.1, -0.05) is 170 Å². The lowest BCUT2D eigenvalue weighted by Crippen LogP contribution is -2.02. The zero-order valence-electron chi connectivity index (χ0n) is 31.2. The molecule has 0 spiro atoms. The number of hydrogen-bond acceptors (Lipinski definition) is 4. The van der Waals surface area contributed by atoms with E-state index in [1.807, 2.05) is 29.5 Å². The van der Waals surface area contributed by atoms with Crippen molar-refractivity contribution >= 4 is 75.0 Å². The minimum atomic E-state index is 0.694. The van der Waals surface area contributed by atoms with Crippen LogP contribution in [0.15, 0.2) is 194 Å². The molecule has 5 heteroatoms. The van der Waals surface area contributed by atoms with Gasteiger partial charge in [-0.05, 0) is 29.3 Å². The predicted octanol–water partition coefficient (Wildman–Crippen LogP) is 14.3. The summed E-state index contributed by atoms with van der Waals surface area (Å²) >= 11 is 1.88. The van der Waals surface area contributed by atoms with Gasteiger partial charge < -0.3 is 0 Å². The molecule has 4 aromatic heterocycles. The minimum absolute atomic E-state index is 0.694. The van der Waals surface area contributed by atoms with Crippen LogP contribution in [0.5, 0.6) is 0 Å². The summed E-state index contributed by atoms with van der Waals surface area (Å²) in [5.74, 6) is 1.53. The molecule has 0 atom stereocenters. The SMILES string of the molecule is c1ccc(-c2nc(-c3ccc(-c4cccc5c4sc4c5ccc5c(-c6ccccc6)nc6ccccc6c54)cc3)cc(-n3c4ccccc4c4ccccc43)n2)cc1. The molecule has 0 unspecified atom stereocenters. The zero-order valence-corrected chi connectivity index (χ0v) is 32.0. The van der Waals surface area contributed by atoms with Crippen LogP contribution in [0.1, 0.15) is 0 Å². The second kappa shape index (κ2) is 13.1. The van der Waals surface area contributed by atoms with Gasteiger partial charge in [0.1, 0.15) is 5.82 Å². The maximum absolute atomic E-state index is 5.20. The van der Waals surface area contributed by atoms with Gasteiger partial charge in [0.05, 0.1) is 27.9 Å². The number of nitrogens with zero attached hydrogens (tertiary/aromatic N) is 4. The molecule has 12 rings (SSSR count). The third kappa shape index (κ3) is 5.11. The summed E-state index contributed by atoms with van der Waals surface area (Å²) in [6, 6.07) is 68.8. The van der Waals surface area contributed by atoms with Gasteiger partial charge in [0, 0.05) is 69.9 Å². The van der Waals surface area contributed by atoms with Crippen molar-refractivity contribution in [2.75, 3.05) is 0 Å². The van der Waals surface area contributed by atoms with Gasteiger partial charge in [0.2, 0.25) is 0 Å². The van der Waals surface area contributed by atoms with Gasteiger partial charge in [-0.2, -0.15) is 0 Å². The molecule has 0 amide bonds. The first-order valence-electron chi connectivity index (χ1n) is 19.5. The average Bonchev–Trinajstić information content (AvgIpc) is 3.85. The van der Waals surface area contributed by atoms with Crippen molar-refractivity contribution in [1.29, 1.82) is 0 Å². The molecule has 12 aromatic rings. The maximum Gasteiger partial charge on any atom is 0.162 e. The summed E-state index contributed by atoms with van der Waals surface area (Å²) in [6.45, 7) is 0. The highest BCUT2D eigenvalue weighted by molar-refractivity contribution is 7.27. The van der Waals surface area contributed by atoms with Crippen LogP contribution in [0, 0.1) is 0 Å². The Morgan fingerprint density at radius 1 is 0.379 bits per heavy atom. The van der Waals surface area contributed by atoms with Gasteiger partial charge in [-0.3, -0.25) is 4.57 Å². The van der Waals surface area contributed by atoms with E-state index in [4.69, 9.17) is 15.0 Å². The lowest BCUT2D eigenvalue weighted by atomic mass is 9.97. The van der Waals surface area contributed by atoms with Crippen molar-refractivity contribution in [2.45, 2.75) is 0 Å². The van der Waals surface area contributed by atoms with Crippen LogP contribution >= 0.6 is 11.3 Å². The van der Waals surface area contributed by atoms with E-state index < -0.39 is 0 Å². The fourth-order valence-electron chi connectivity index (χ4n) is 8.74. The molecule has 0 N–H and O–H groups in total. The van der Waals surface area contributed by atoms with Crippen LogP contribution in [-0.4, -0.2) is 19.5 Å². The summed E-state index contributed by atoms with van der Waals surface area (Å²) < 4.78 is 4.84. The average molecular weight is 757 g/mol. The van der Waals surface area contributed by atoms with Crippen molar-refractivity contribution in [3.63, 3.8) is 0 Å². The van der Waals surface area contributed by atoms with Crippen LogP contribution in [0.4, 0.5) is 0 Å². The number of hydrogen-bond donors (Lipinski definition) is 0. The van der Waals surface area contributed by atoms with E-state index in [2.05, 4.69) is 180 Å². The summed E-state index contributed by atoms with van der Waals surface area (Å²) in [7, 11) is 0. The van der Waals surface area contributed by atoms with E-state index in [1.54, 1.807) is 0 Å². The molecule has 270 valence electrons. The molecule has 4 heterocycles. The molecular weight excluding hydrogens is 725 g/mol. The standard InChI is InChI=1S/C53H32N4S/c1-3-14-35(15-4-1)50-43-31-30-41-40-22-13-21-37(51(40)58-52(41)49(43)42-20-7-10-23-44(42)54-50)33-26-28-34(29-27-33)45-32-48(56-53(55-45)36-16-5-2-6-17-36)57-46-24-11-8-18-38(46)39-19-9-12-25-47(39)57/h1-32H. The zero-order chi connectivity index (χ0) is 38.2. The van der Waals surface area contributed by atoms with E-state index in [9.17, 15) is 0 Å². The van der Waals surface area contributed by atoms with Gasteiger partial charge in [-0.15, -0.1) is 11.3 Å². The first kappa shape index (κ1) is 32.7. The Morgan fingerprint density at radius 3 is 1.71 bits per heavy atom. The molecule has 0 radical (unpaired) electrons. The smallest absolute Gasteiger partial charge is 0.162 e. The number of thiophene rings is 1.